The van der Waals surface area contributed by atoms with Crippen LogP contribution in [0.3, 0.4) is 0 Å². The molecule has 0 saturated carbocycles. The van der Waals surface area contributed by atoms with Gasteiger partial charge >= 0.3 is 6.18 Å². The van der Waals surface area contributed by atoms with Crippen LogP contribution in [0.15, 0.2) is 53.9 Å². The standard InChI is InChI=1S/C25H27F3OS/c1-16-13-20(29-21(15-24(3,4)5)22-7-6-12-30-22)14-17(2)23(16)18-8-10-19(11-9-18)25(26,27)28/h6-14,21H,15H2,1-5H3. The van der Waals surface area contributed by atoms with E-state index in [1.807, 2.05) is 32.0 Å². The third-order valence-electron chi connectivity index (χ3n) is 4.94. The summed E-state index contributed by atoms with van der Waals surface area (Å²) in [5, 5.41) is 2.05. The molecule has 1 unspecified atom stereocenters. The summed E-state index contributed by atoms with van der Waals surface area (Å²) in [6, 6.07) is 13.4. The van der Waals surface area contributed by atoms with E-state index in [-0.39, 0.29) is 11.5 Å². The zero-order valence-corrected chi connectivity index (χ0v) is 18.7. The number of halogens is 3. The largest absolute Gasteiger partial charge is 0.485 e. The number of hydrogen-bond acceptors (Lipinski definition) is 2. The minimum atomic E-state index is -4.33. The summed E-state index contributed by atoms with van der Waals surface area (Å²) >= 11 is 1.69. The van der Waals surface area contributed by atoms with E-state index < -0.39 is 11.7 Å². The number of aryl methyl sites for hydroxylation is 2. The van der Waals surface area contributed by atoms with E-state index in [0.717, 1.165) is 46.6 Å². The van der Waals surface area contributed by atoms with Crippen LogP contribution in [-0.4, -0.2) is 0 Å². The van der Waals surface area contributed by atoms with Crippen molar-refractivity contribution in [1.29, 1.82) is 0 Å². The van der Waals surface area contributed by atoms with Gasteiger partial charge in [-0.2, -0.15) is 13.2 Å². The maximum absolute atomic E-state index is 12.9. The highest BCUT2D eigenvalue weighted by Crippen LogP contribution is 2.38. The van der Waals surface area contributed by atoms with E-state index in [2.05, 4.69) is 32.2 Å². The van der Waals surface area contributed by atoms with Crippen LogP contribution in [0, 0.1) is 19.3 Å². The smallest absolute Gasteiger partial charge is 0.416 e. The van der Waals surface area contributed by atoms with Crippen LogP contribution >= 0.6 is 11.3 Å². The van der Waals surface area contributed by atoms with Gasteiger partial charge in [-0.1, -0.05) is 39.0 Å². The van der Waals surface area contributed by atoms with E-state index in [0.29, 0.717) is 0 Å². The van der Waals surface area contributed by atoms with Gasteiger partial charge in [0.05, 0.1) is 5.56 Å². The molecule has 0 fully saturated rings. The van der Waals surface area contributed by atoms with Crippen LogP contribution < -0.4 is 4.74 Å². The summed E-state index contributed by atoms with van der Waals surface area (Å²) in [6.45, 7) is 10.5. The Kier molecular flexibility index (Phi) is 6.32. The molecule has 0 radical (unpaired) electrons. The Morgan fingerprint density at radius 1 is 0.933 bits per heavy atom. The lowest BCUT2D eigenvalue weighted by atomic mass is 9.88. The van der Waals surface area contributed by atoms with Crippen molar-refractivity contribution in [1.82, 2.24) is 0 Å². The first-order chi connectivity index (χ1) is 13.9. The zero-order chi connectivity index (χ0) is 22.1. The van der Waals surface area contributed by atoms with Crippen molar-refractivity contribution in [2.75, 3.05) is 0 Å². The molecule has 2 aromatic carbocycles. The van der Waals surface area contributed by atoms with Crippen molar-refractivity contribution in [2.24, 2.45) is 5.41 Å². The van der Waals surface area contributed by atoms with Gasteiger partial charge in [0.25, 0.3) is 0 Å². The molecule has 30 heavy (non-hydrogen) atoms. The molecule has 0 aliphatic heterocycles. The Morgan fingerprint density at radius 3 is 2.00 bits per heavy atom. The van der Waals surface area contributed by atoms with E-state index in [9.17, 15) is 13.2 Å². The molecule has 0 aliphatic carbocycles. The van der Waals surface area contributed by atoms with Crippen LogP contribution in [0.4, 0.5) is 13.2 Å². The quantitative estimate of drug-likeness (QED) is 0.392. The van der Waals surface area contributed by atoms with Crippen molar-refractivity contribution in [3.63, 3.8) is 0 Å². The lowest BCUT2D eigenvalue weighted by molar-refractivity contribution is -0.137. The normalized spacial score (nSPS) is 13.3. The monoisotopic (exact) mass is 432 g/mol. The van der Waals surface area contributed by atoms with Gasteiger partial charge in [-0.25, -0.2) is 0 Å². The second-order valence-electron chi connectivity index (χ2n) is 8.89. The van der Waals surface area contributed by atoms with E-state index in [1.54, 1.807) is 11.3 Å². The molecule has 3 aromatic rings. The zero-order valence-electron chi connectivity index (χ0n) is 17.9. The SMILES string of the molecule is Cc1cc(OC(CC(C)(C)C)c2cccs2)cc(C)c1-c1ccc(C(F)(F)F)cc1. The maximum Gasteiger partial charge on any atom is 0.416 e. The summed E-state index contributed by atoms with van der Waals surface area (Å²) in [5.74, 6) is 0.781. The Balaban J connectivity index is 1.90. The molecule has 0 amide bonds. The molecule has 0 N–H and O–H groups in total. The van der Waals surface area contributed by atoms with Crippen molar-refractivity contribution < 1.29 is 17.9 Å². The lowest BCUT2D eigenvalue weighted by Gasteiger charge is -2.27. The van der Waals surface area contributed by atoms with Gasteiger partial charge in [-0.15, -0.1) is 11.3 Å². The molecule has 1 heterocycles. The number of ether oxygens (including phenoxy) is 1. The van der Waals surface area contributed by atoms with Gasteiger partial charge in [0.15, 0.2) is 0 Å². The maximum atomic E-state index is 12.9. The molecule has 5 heteroatoms. The summed E-state index contributed by atoms with van der Waals surface area (Å²) in [7, 11) is 0. The van der Waals surface area contributed by atoms with Crippen molar-refractivity contribution in [3.05, 3.63) is 75.5 Å². The number of thiophene rings is 1. The fraction of sp³-hybridized carbons (Fsp3) is 0.360. The lowest BCUT2D eigenvalue weighted by Crippen LogP contribution is -2.16. The molecule has 1 aromatic heterocycles. The second-order valence-corrected chi connectivity index (χ2v) is 9.87. The first-order valence-corrected chi connectivity index (χ1v) is 10.8. The molecule has 1 atom stereocenters. The number of alkyl halides is 3. The van der Waals surface area contributed by atoms with Gasteiger partial charge in [0, 0.05) is 4.88 Å². The Labute approximate surface area is 180 Å². The average molecular weight is 433 g/mol. The molecule has 0 saturated heterocycles. The van der Waals surface area contributed by atoms with E-state index in [1.165, 1.54) is 17.0 Å². The van der Waals surface area contributed by atoms with Crippen molar-refractivity contribution in [3.8, 4) is 16.9 Å². The average Bonchev–Trinajstić information content (AvgIpc) is 3.14. The molecular weight excluding hydrogens is 405 g/mol. The predicted molar refractivity (Wildman–Crippen MR) is 118 cm³/mol. The Hall–Kier alpha value is -2.27. The van der Waals surface area contributed by atoms with Crippen molar-refractivity contribution in [2.45, 2.75) is 53.3 Å². The molecule has 0 bridgehead atoms. The summed E-state index contributed by atoms with van der Waals surface area (Å²) < 4.78 is 45.0. The van der Waals surface area contributed by atoms with E-state index in [4.69, 9.17) is 4.74 Å². The van der Waals surface area contributed by atoms with Gasteiger partial charge in [-0.3, -0.25) is 0 Å². The predicted octanol–water partition coefficient (Wildman–Crippen LogP) is 8.61. The van der Waals surface area contributed by atoms with E-state index >= 15 is 0 Å². The third kappa shape index (κ3) is 5.45. The first kappa shape index (κ1) is 22.4. The number of benzene rings is 2. The van der Waals surface area contributed by atoms with Crippen LogP contribution in [0.1, 0.15) is 54.9 Å². The number of rotatable bonds is 5. The third-order valence-corrected chi connectivity index (χ3v) is 5.91. The summed E-state index contributed by atoms with van der Waals surface area (Å²) in [4.78, 5) is 1.19. The minimum absolute atomic E-state index is 0.0410. The Morgan fingerprint density at radius 2 is 1.53 bits per heavy atom. The molecule has 0 spiro atoms. The fourth-order valence-corrected chi connectivity index (χ4v) is 4.42. The first-order valence-electron chi connectivity index (χ1n) is 9.93. The van der Waals surface area contributed by atoms with Crippen molar-refractivity contribution >= 4 is 11.3 Å². The minimum Gasteiger partial charge on any atom is -0.485 e. The molecule has 1 nitrogen and oxygen atoms in total. The van der Waals surface area contributed by atoms with Gasteiger partial charge < -0.3 is 4.74 Å². The summed E-state index contributed by atoms with van der Waals surface area (Å²) in [5.41, 5.74) is 3.14. The molecule has 3 rings (SSSR count). The highest BCUT2D eigenvalue weighted by Gasteiger charge is 2.30. The highest BCUT2D eigenvalue weighted by atomic mass is 32.1. The second kappa shape index (κ2) is 8.46. The van der Waals surface area contributed by atoms with Crippen LogP contribution in [0.5, 0.6) is 5.75 Å². The topological polar surface area (TPSA) is 9.23 Å². The molecular formula is C25H27F3OS. The van der Waals surface area contributed by atoms with Gasteiger partial charge in [-0.05, 0) is 83.6 Å². The van der Waals surface area contributed by atoms with Crippen LogP contribution in [0.25, 0.3) is 11.1 Å². The fourth-order valence-electron chi connectivity index (χ4n) is 3.67. The van der Waals surface area contributed by atoms with Crippen LogP contribution in [-0.2, 0) is 6.18 Å². The highest BCUT2D eigenvalue weighted by molar-refractivity contribution is 7.10. The summed E-state index contributed by atoms with van der Waals surface area (Å²) in [6.07, 6.45) is -3.49. The Bertz CT molecular complexity index is 958. The molecule has 160 valence electrons. The van der Waals surface area contributed by atoms with Gasteiger partial charge in [0.1, 0.15) is 11.9 Å². The number of hydrogen-bond donors (Lipinski definition) is 0. The van der Waals surface area contributed by atoms with Crippen LogP contribution in [0.2, 0.25) is 0 Å². The van der Waals surface area contributed by atoms with Gasteiger partial charge in [0.2, 0.25) is 0 Å². The molecule has 0 aliphatic rings.